The Labute approximate surface area is 242 Å². The molecule has 0 bridgehead atoms. The van der Waals surface area contributed by atoms with Gasteiger partial charge >= 0.3 is 0 Å². The monoisotopic (exact) mass is 587 g/mol. The van der Waals surface area contributed by atoms with E-state index in [2.05, 4.69) is 12.1 Å². The molecule has 2 fully saturated rings. The molecule has 42 heavy (non-hydrogen) atoms. The molecular formula is C31H30FN5O4S. The average molecular weight is 588 g/mol. The molecule has 7 rings (SSSR count). The number of benzene rings is 2. The lowest BCUT2D eigenvalue weighted by molar-refractivity contribution is -0.120. The molecule has 1 aliphatic heterocycles. The van der Waals surface area contributed by atoms with Gasteiger partial charge in [-0.3, -0.25) is 14.3 Å². The van der Waals surface area contributed by atoms with Gasteiger partial charge in [-0.25, -0.2) is 22.3 Å². The summed E-state index contributed by atoms with van der Waals surface area (Å²) in [6.45, 7) is 2.66. The van der Waals surface area contributed by atoms with Gasteiger partial charge in [-0.05, 0) is 73.4 Å². The summed E-state index contributed by atoms with van der Waals surface area (Å²) in [5.74, 6) is -1.66. The van der Waals surface area contributed by atoms with E-state index in [1.54, 1.807) is 22.7 Å². The molecule has 2 aromatic carbocycles. The summed E-state index contributed by atoms with van der Waals surface area (Å²) < 4.78 is 41.9. The van der Waals surface area contributed by atoms with E-state index >= 15 is 4.39 Å². The van der Waals surface area contributed by atoms with Gasteiger partial charge in [0.15, 0.2) is 5.65 Å². The third-order valence-electron chi connectivity index (χ3n) is 8.64. The fraction of sp³-hybridized carbons (Fsp3) is 0.355. The first-order valence-corrected chi connectivity index (χ1v) is 16.1. The summed E-state index contributed by atoms with van der Waals surface area (Å²) in [6, 6.07) is 16.4. The molecule has 0 radical (unpaired) electrons. The van der Waals surface area contributed by atoms with Crippen molar-refractivity contribution >= 4 is 27.5 Å². The molecule has 2 aliphatic carbocycles. The average Bonchev–Trinajstić information content (AvgIpc) is 3.88. The summed E-state index contributed by atoms with van der Waals surface area (Å²) in [4.78, 5) is 32.5. The molecular weight excluding hydrogens is 557 g/mol. The van der Waals surface area contributed by atoms with Crippen molar-refractivity contribution in [2.45, 2.75) is 50.5 Å². The van der Waals surface area contributed by atoms with Crippen LogP contribution in [0.4, 0.5) is 4.39 Å². The van der Waals surface area contributed by atoms with E-state index in [9.17, 15) is 18.0 Å². The Hall–Kier alpha value is -4.12. The molecule has 9 nitrogen and oxygen atoms in total. The third kappa shape index (κ3) is 4.85. The van der Waals surface area contributed by atoms with E-state index in [0.717, 1.165) is 36.8 Å². The second-order valence-corrected chi connectivity index (χ2v) is 13.4. The predicted octanol–water partition coefficient (Wildman–Crippen LogP) is 4.35. The van der Waals surface area contributed by atoms with E-state index in [-0.39, 0.29) is 29.3 Å². The highest BCUT2D eigenvalue weighted by molar-refractivity contribution is 7.89. The zero-order valence-corrected chi connectivity index (χ0v) is 24.1. The van der Waals surface area contributed by atoms with Crippen LogP contribution >= 0.6 is 0 Å². The summed E-state index contributed by atoms with van der Waals surface area (Å²) in [5.41, 5.74) is 5.50. The van der Waals surface area contributed by atoms with E-state index in [0.29, 0.717) is 35.6 Å². The predicted molar refractivity (Wildman–Crippen MR) is 154 cm³/mol. The normalized spacial score (nSPS) is 21.7. The van der Waals surface area contributed by atoms with Crippen molar-refractivity contribution in [3.63, 3.8) is 0 Å². The van der Waals surface area contributed by atoms with Crippen LogP contribution in [0.3, 0.4) is 0 Å². The van der Waals surface area contributed by atoms with Crippen LogP contribution in [0.25, 0.3) is 16.9 Å². The topological polar surface area (TPSA) is 114 Å². The quantitative estimate of drug-likeness (QED) is 0.359. The van der Waals surface area contributed by atoms with Gasteiger partial charge in [-0.2, -0.15) is 5.10 Å². The van der Waals surface area contributed by atoms with Crippen molar-refractivity contribution < 1.29 is 22.4 Å². The second kappa shape index (κ2) is 9.72. The molecule has 2 amide bonds. The van der Waals surface area contributed by atoms with Crippen LogP contribution in [-0.2, 0) is 21.2 Å². The molecule has 216 valence electrons. The molecule has 2 saturated carbocycles. The number of nitrogens with zero attached hydrogens (tertiary/aromatic N) is 4. The Bertz CT molecular complexity index is 1880. The standard InChI is InChI=1S/C31H30FN5O4S/c1-17-21-6-4-3-5-18(21)11-12-36(17)31(39)27-15-28(19-7-8-19)37-29(33-27)16-26(34-37)22-10-9-20(13-25(22)32)23-14-24(23)30(38)35-42(2,40)41/h3-6,9-10,13,15-17,19,23-24H,7-8,11-12,14H2,1-2H3,(H,35,38)/t17-,23-,24+/m1/s1. The number of aromatic nitrogens is 3. The number of amides is 2. The molecule has 4 aromatic rings. The van der Waals surface area contributed by atoms with E-state index in [4.69, 9.17) is 10.1 Å². The van der Waals surface area contributed by atoms with Crippen molar-refractivity contribution in [2.24, 2.45) is 5.92 Å². The van der Waals surface area contributed by atoms with E-state index in [1.165, 1.54) is 11.6 Å². The summed E-state index contributed by atoms with van der Waals surface area (Å²) in [5, 5.41) is 4.69. The van der Waals surface area contributed by atoms with Gasteiger partial charge in [0, 0.05) is 35.7 Å². The van der Waals surface area contributed by atoms with Crippen molar-refractivity contribution in [3.8, 4) is 11.3 Å². The summed E-state index contributed by atoms with van der Waals surface area (Å²) >= 11 is 0. The number of hydrogen-bond donors (Lipinski definition) is 1. The number of sulfonamides is 1. The lowest BCUT2D eigenvalue weighted by Crippen LogP contribution is -2.39. The smallest absolute Gasteiger partial charge is 0.273 e. The SMILES string of the molecule is C[C@@H]1c2ccccc2CCN1C(=O)c1cc(C2CC2)n2nc(-c3ccc([C@H]4C[C@@H]4C(=O)NS(C)(=O)=O)cc3F)cc2n1. The number of nitrogens with one attached hydrogen (secondary N) is 1. The molecule has 0 spiro atoms. The van der Waals surface area contributed by atoms with Crippen LogP contribution in [0.1, 0.15) is 76.9 Å². The van der Waals surface area contributed by atoms with Crippen molar-refractivity contribution in [2.75, 3.05) is 12.8 Å². The molecule has 3 aliphatic rings. The Balaban J connectivity index is 1.17. The van der Waals surface area contributed by atoms with Gasteiger partial charge in [0.25, 0.3) is 5.91 Å². The van der Waals surface area contributed by atoms with Gasteiger partial charge in [0.1, 0.15) is 11.5 Å². The Morgan fingerprint density at radius 3 is 2.60 bits per heavy atom. The molecule has 0 saturated heterocycles. The minimum absolute atomic E-state index is 0.0681. The zero-order valence-electron chi connectivity index (χ0n) is 23.2. The minimum atomic E-state index is -3.65. The van der Waals surface area contributed by atoms with Crippen LogP contribution in [0.2, 0.25) is 0 Å². The first-order chi connectivity index (χ1) is 20.1. The van der Waals surface area contributed by atoms with Crippen LogP contribution < -0.4 is 4.72 Å². The number of carbonyl (C=O) groups excluding carboxylic acids is 2. The zero-order chi connectivity index (χ0) is 29.3. The van der Waals surface area contributed by atoms with Crippen molar-refractivity contribution in [1.82, 2.24) is 24.2 Å². The Kier molecular flexibility index (Phi) is 6.19. The van der Waals surface area contributed by atoms with Gasteiger partial charge in [-0.15, -0.1) is 0 Å². The maximum absolute atomic E-state index is 15.4. The molecule has 3 heterocycles. The first kappa shape index (κ1) is 26.8. The van der Waals surface area contributed by atoms with Gasteiger partial charge in [-0.1, -0.05) is 30.3 Å². The third-order valence-corrected chi connectivity index (χ3v) is 9.21. The van der Waals surface area contributed by atoms with Gasteiger partial charge in [0.05, 0.1) is 18.0 Å². The van der Waals surface area contributed by atoms with E-state index in [1.807, 2.05) is 34.7 Å². The summed E-state index contributed by atoms with van der Waals surface area (Å²) in [6.07, 6.45) is 4.17. The Morgan fingerprint density at radius 1 is 1.07 bits per heavy atom. The summed E-state index contributed by atoms with van der Waals surface area (Å²) in [7, 11) is -3.65. The van der Waals surface area contributed by atoms with Crippen LogP contribution in [0, 0.1) is 11.7 Å². The number of fused-ring (bicyclic) bond motifs is 2. The van der Waals surface area contributed by atoms with Crippen molar-refractivity contribution in [3.05, 3.63) is 88.5 Å². The highest BCUT2D eigenvalue weighted by atomic mass is 32.2. The lowest BCUT2D eigenvalue weighted by Gasteiger charge is -2.35. The molecule has 2 aromatic heterocycles. The van der Waals surface area contributed by atoms with Gasteiger partial charge in [0.2, 0.25) is 15.9 Å². The highest BCUT2D eigenvalue weighted by Crippen LogP contribution is 2.48. The number of halogens is 1. The number of hydrogen-bond acceptors (Lipinski definition) is 6. The van der Waals surface area contributed by atoms with Crippen LogP contribution in [0.15, 0.2) is 54.6 Å². The lowest BCUT2D eigenvalue weighted by atomic mass is 9.93. The van der Waals surface area contributed by atoms with Crippen molar-refractivity contribution in [1.29, 1.82) is 0 Å². The fourth-order valence-electron chi connectivity index (χ4n) is 6.19. The van der Waals surface area contributed by atoms with E-state index < -0.39 is 27.7 Å². The molecule has 11 heteroatoms. The van der Waals surface area contributed by atoms with Gasteiger partial charge < -0.3 is 4.90 Å². The number of rotatable bonds is 6. The number of carbonyl (C=O) groups is 2. The maximum atomic E-state index is 15.4. The molecule has 1 N–H and O–H groups in total. The van der Waals surface area contributed by atoms with Crippen LogP contribution in [-0.4, -0.2) is 52.5 Å². The maximum Gasteiger partial charge on any atom is 0.273 e. The highest BCUT2D eigenvalue weighted by Gasteiger charge is 2.45. The van der Waals surface area contributed by atoms with Crippen LogP contribution in [0.5, 0.6) is 0 Å². The largest absolute Gasteiger partial charge is 0.330 e. The molecule has 3 atom stereocenters. The Morgan fingerprint density at radius 2 is 1.86 bits per heavy atom. The fourth-order valence-corrected chi connectivity index (χ4v) is 6.70. The second-order valence-electron chi connectivity index (χ2n) is 11.7. The first-order valence-electron chi connectivity index (χ1n) is 14.2. The molecule has 0 unspecified atom stereocenters. The minimum Gasteiger partial charge on any atom is -0.330 e.